The van der Waals surface area contributed by atoms with E-state index in [9.17, 15) is 4.79 Å². The van der Waals surface area contributed by atoms with Crippen molar-refractivity contribution in [3.63, 3.8) is 0 Å². The second-order valence-corrected chi connectivity index (χ2v) is 4.86. The summed E-state index contributed by atoms with van der Waals surface area (Å²) in [7, 11) is 0. The molecule has 0 spiro atoms. The number of thioether (sulfide) groups is 1. The van der Waals surface area contributed by atoms with Gasteiger partial charge >= 0.3 is 0 Å². The topological polar surface area (TPSA) is 17.1 Å². The Morgan fingerprint density at radius 3 is 2.86 bits per heavy atom. The molecule has 0 bridgehead atoms. The van der Waals surface area contributed by atoms with Gasteiger partial charge in [0.05, 0.1) is 0 Å². The molecule has 76 valence electrons. The Morgan fingerprint density at radius 2 is 2.29 bits per heavy atom. The largest absolute Gasteiger partial charge is 0.303 e. The summed E-state index contributed by atoms with van der Waals surface area (Å²) in [6, 6.07) is 6.13. The molecule has 1 nitrogen and oxygen atoms in total. The third-order valence-corrected chi connectivity index (χ3v) is 3.66. The molecule has 1 aromatic rings. The molecule has 1 rings (SSSR count). The van der Waals surface area contributed by atoms with Crippen LogP contribution in [0.3, 0.4) is 0 Å². The summed E-state index contributed by atoms with van der Waals surface area (Å²) in [6.45, 7) is 2.08. The number of rotatable bonds is 4. The van der Waals surface area contributed by atoms with Crippen molar-refractivity contribution in [3.05, 3.63) is 28.2 Å². The molecule has 0 amide bonds. The maximum absolute atomic E-state index is 10.5. The van der Waals surface area contributed by atoms with E-state index in [1.165, 1.54) is 10.5 Å². The number of halogens is 1. The smallest absolute Gasteiger partial charge is 0.120 e. The molecule has 0 aromatic heterocycles. The molecule has 0 aliphatic rings. The minimum Gasteiger partial charge on any atom is -0.303 e. The van der Waals surface area contributed by atoms with Crippen molar-refractivity contribution < 1.29 is 4.79 Å². The van der Waals surface area contributed by atoms with Crippen molar-refractivity contribution in [2.24, 2.45) is 0 Å². The van der Waals surface area contributed by atoms with Crippen LogP contribution in [-0.4, -0.2) is 12.5 Å². The van der Waals surface area contributed by atoms with Gasteiger partial charge in [0.2, 0.25) is 0 Å². The third-order valence-electron chi connectivity index (χ3n) is 2.18. The second-order valence-electron chi connectivity index (χ2n) is 3.16. The molecule has 1 atom stereocenters. The van der Waals surface area contributed by atoms with Gasteiger partial charge in [0.1, 0.15) is 6.29 Å². The van der Waals surface area contributed by atoms with Crippen LogP contribution < -0.4 is 0 Å². The number of hydrogen-bond acceptors (Lipinski definition) is 2. The molecule has 0 fully saturated rings. The van der Waals surface area contributed by atoms with Crippen LogP contribution in [0.1, 0.15) is 24.8 Å². The predicted octanol–water partition coefficient (Wildman–Crippen LogP) is 3.86. The van der Waals surface area contributed by atoms with Crippen LogP contribution in [0.2, 0.25) is 0 Å². The standard InChI is InChI=1S/C11H13BrOS/c1-8(6-7-13)11-9(12)4-3-5-10(11)14-2/h3-5,7-8H,6H2,1-2H3. The van der Waals surface area contributed by atoms with Gasteiger partial charge in [-0.25, -0.2) is 0 Å². The van der Waals surface area contributed by atoms with Crippen LogP contribution in [0.15, 0.2) is 27.6 Å². The Balaban J connectivity index is 3.09. The molecule has 0 aliphatic heterocycles. The predicted molar refractivity (Wildman–Crippen MR) is 65.0 cm³/mol. The minimum absolute atomic E-state index is 0.283. The zero-order valence-corrected chi connectivity index (χ0v) is 10.7. The Morgan fingerprint density at radius 1 is 1.57 bits per heavy atom. The van der Waals surface area contributed by atoms with Gasteiger partial charge < -0.3 is 4.79 Å². The monoisotopic (exact) mass is 272 g/mol. The van der Waals surface area contributed by atoms with Crippen molar-refractivity contribution in [2.75, 3.05) is 6.26 Å². The SMILES string of the molecule is CSc1cccc(Br)c1C(C)CC=O. The maximum Gasteiger partial charge on any atom is 0.120 e. The average Bonchev–Trinajstić information content (AvgIpc) is 2.17. The minimum atomic E-state index is 0.283. The first kappa shape index (κ1) is 11.8. The molecule has 0 radical (unpaired) electrons. The van der Waals surface area contributed by atoms with E-state index in [2.05, 4.69) is 35.2 Å². The average molecular weight is 273 g/mol. The molecular weight excluding hydrogens is 260 g/mol. The van der Waals surface area contributed by atoms with E-state index in [0.717, 1.165) is 10.8 Å². The molecular formula is C11H13BrOS. The number of hydrogen-bond donors (Lipinski definition) is 0. The Hall–Kier alpha value is -0.280. The fraction of sp³-hybridized carbons (Fsp3) is 0.364. The molecule has 14 heavy (non-hydrogen) atoms. The van der Waals surface area contributed by atoms with Gasteiger partial charge in [-0.1, -0.05) is 28.9 Å². The van der Waals surface area contributed by atoms with Gasteiger partial charge in [0.25, 0.3) is 0 Å². The van der Waals surface area contributed by atoms with E-state index >= 15 is 0 Å². The number of carbonyl (C=O) groups is 1. The Bertz CT molecular complexity index is 325. The molecule has 0 heterocycles. The van der Waals surface area contributed by atoms with Crippen LogP contribution in [0.5, 0.6) is 0 Å². The summed E-state index contributed by atoms with van der Waals surface area (Å²) in [5.41, 5.74) is 1.24. The lowest BCUT2D eigenvalue weighted by molar-refractivity contribution is -0.108. The van der Waals surface area contributed by atoms with Gasteiger partial charge in [-0.05, 0) is 29.9 Å². The molecule has 3 heteroatoms. The normalized spacial score (nSPS) is 12.5. The fourth-order valence-corrected chi connectivity index (χ4v) is 3.07. The highest BCUT2D eigenvalue weighted by molar-refractivity contribution is 9.10. The molecule has 0 saturated carbocycles. The summed E-state index contributed by atoms with van der Waals surface area (Å²) in [4.78, 5) is 11.7. The maximum atomic E-state index is 10.5. The van der Waals surface area contributed by atoms with Gasteiger partial charge in [-0.3, -0.25) is 0 Å². The highest BCUT2D eigenvalue weighted by Gasteiger charge is 2.12. The van der Waals surface area contributed by atoms with Crippen molar-refractivity contribution in [1.82, 2.24) is 0 Å². The number of carbonyl (C=O) groups excluding carboxylic acids is 1. The van der Waals surface area contributed by atoms with Crippen molar-refractivity contribution in [2.45, 2.75) is 24.2 Å². The third kappa shape index (κ3) is 2.61. The summed E-state index contributed by atoms with van der Waals surface area (Å²) < 4.78 is 1.10. The summed E-state index contributed by atoms with van der Waals surface area (Å²) in [5, 5.41) is 0. The summed E-state index contributed by atoms with van der Waals surface area (Å²) >= 11 is 5.25. The second kappa shape index (κ2) is 5.56. The molecule has 1 aromatic carbocycles. The molecule has 1 unspecified atom stereocenters. The first-order chi connectivity index (χ1) is 6.70. The zero-order valence-electron chi connectivity index (χ0n) is 8.29. The van der Waals surface area contributed by atoms with Crippen molar-refractivity contribution in [1.29, 1.82) is 0 Å². The number of aldehydes is 1. The van der Waals surface area contributed by atoms with E-state index in [1.807, 2.05) is 12.1 Å². The first-order valence-electron chi connectivity index (χ1n) is 4.46. The van der Waals surface area contributed by atoms with Gasteiger partial charge in [-0.15, -0.1) is 11.8 Å². The van der Waals surface area contributed by atoms with Gasteiger partial charge in [0.15, 0.2) is 0 Å². The molecule has 0 saturated heterocycles. The lowest BCUT2D eigenvalue weighted by atomic mass is 9.98. The van der Waals surface area contributed by atoms with E-state index in [-0.39, 0.29) is 5.92 Å². The summed E-state index contributed by atoms with van der Waals surface area (Å²) in [6.07, 6.45) is 3.61. The van der Waals surface area contributed by atoms with Crippen LogP contribution >= 0.6 is 27.7 Å². The van der Waals surface area contributed by atoms with Crippen molar-refractivity contribution >= 4 is 34.0 Å². The van der Waals surface area contributed by atoms with Crippen LogP contribution in [0.25, 0.3) is 0 Å². The summed E-state index contributed by atoms with van der Waals surface area (Å²) in [5.74, 6) is 0.283. The van der Waals surface area contributed by atoms with E-state index in [4.69, 9.17) is 0 Å². The molecule has 0 aliphatic carbocycles. The van der Waals surface area contributed by atoms with Crippen LogP contribution in [-0.2, 0) is 4.79 Å². The van der Waals surface area contributed by atoms with Crippen LogP contribution in [0.4, 0.5) is 0 Å². The van der Waals surface area contributed by atoms with E-state index < -0.39 is 0 Å². The molecule has 0 N–H and O–H groups in total. The van der Waals surface area contributed by atoms with E-state index in [1.54, 1.807) is 11.8 Å². The first-order valence-corrected chi connectivity index (χ1v) is 6.48. The fourth-order valence-electron chi connectivity index (χ4n) is 1.44. The highest BCUT2D eigenvalue weighted by Crippen LogP contribution is 2.34. The lowest BCUT2D eigenvalue weighted by Gasteiger charge is -2.14. The zero-order chi connectivity index (χ0) is 10.6. The van der Waals surface area contributed by atoms with E-state index in [0.29, 0.717) is 6.42 Å². The van der Waals surface area contributed by atoms with Crippen molar-refractivity contribution in [3.8, 4) is 0 Å². The quantitative estimate of drug-likeness (QED) is 0.612. The number of benzene rings is 1. The Kier molecular flexibility index (Phi) is 4.69. The van der Waals surface area contributed by atoms with Crippen LogP contribution in [0, 0.1) is 0 Å². The van der Waals surface area contributed by atoms with Gasteiger partial charge in [-0.2, -0.15) is 0 Å². The Labute approximate surface area is 97.4 Å². The van der Waals surface area contributed by atoms with Gasteiger partial charge in [0, 0.05) is 15.8 Å². The highest BCUT2D eigenvalue weighted by atomic mass is 79.9. The lowest BCUT2D eigenvalue weighted by Crippen LogP contribution is -1.97.